The molecule has 0 aliphatic rings. The maximum atomic E-state index is 12.5. The van der Waals surface area contributed by atoms with Crippen LogP contribution in [0.25, 0.3) is 0 Å². The first-order valence-electron chi connectivity index (χ1n) is 8.32. The molecule has 2 amide bonds. The second-order valence-electron chi connectivity index (χ2n) is 5.80. The molecule has 1 aromatic rings. The van der Waals surface area contributed by atoms with E-state index in [-0.39, 0.29) is 22.9 Å². The van der Waals surface area contributed by atoms with E-state index in [1.54, 1.807) is 24.3 Å². The minimum absolute atomic E-state index is 0.244. The number of amides is 2. The Morgan fingerprint density at radius 2 is 1.79 bits per heavy atom. The Balaban J connectivity index is 2.65. The van der Waals surface area contributed by atoms with Gasteiger partial charge in [0.2, 0.25) is 11.8 Å². The zero-order chi connectivity index (χ0) is 17.9. The molecule has 132 valence electrons. The number of nitrogens with one attached hydrogen (secondary N) is 1. The molecule has 3 N–H and O–H groups in total. The number of primary amides is 1. The fourth-order valence-electron chi connectivity index (χ4n) is 2.41. The van der Waals surface area contributed by atoms with Gasteiger partial charge in [0.05, 0.1) is 11.4 Å². The zero-order valence-electron chi connectivity index (χ0n) is 14.0. The summed E-state index contributed by atoms with van der Waals surface area (Å²) in [5, 5.41) is 2.90. The predicted octanol–water partition coefficient (Wildman–Crippen LogP) is 3.24. The molecule has 0 aromatic heterocycles. The summed E-state index contributed by atoms with van der Waals surface area (Å²) >= 11 is 6.02. The van der Waals surface area contributed by atoms with Crippen molar-refractivity contribution in [3.63, 3.8) is 0 Å². The predicted molar refractivity (Wildman–Crippen MR) is 94.9 cm³/mol. The zero-order valence-corrected chi connectivity index (χ0v) is 14.8. The molecule has 0 heterocycles. The smallest absolute Gasteiger partial charge is 0.220 e. The van der Waals surface area contributed by atoms with Crippen molar-refractivity contribution in [2.24, 2.45) is 5.73 Å². The molecule has 0 fully saturated rings. The van der Waals surface area contributed by atoms with Gasteiger partial charge in [0, 0.05) is 12.0 Å². The normalized spacial score (nSPS) is 11.8. The van der Waals surface area contributed by atoms with E-state index in [1.165, 1.54) is 0 Å². The Bertz CT molecular complexity index is 575. The third-order valence-corrected chi connectivity index (χ3v) is 4.03. The minimum Gasteiger partial charge on any atom is -0.370 e. The highest BCUT2D eigenvalue weighted by molar-refractivity contribution is 6.34. The van der Waals surface area contributed by atoms with Crippen molar-refractivity contribution in [3.8, 4) is 0 Å². The maximum absolute atomic E-state index is 12.5. The Morgan fingerprint density at radius 1 is 1.12 bits per heavy atom. The van der Waals surface area contributed by atoms with Crippen LogP contribution in [-0.2, 0) is 9.59 Å². The van der Waals surface area contributed by atoms with Crippen LogP contribution in [0.1, 0.15) is 62.2 Å². The summed E-state index contributed by atoms with van der Waals surface area (Å²) in [4.78, 5) is 35.8. The van der Waals surface area contributed by atoms with E-state index in [2.05, 4.69) is 12.2 Å². The molecular formula is C18H25ClN2O3. The monoisotopic (exact) mass is 352 g/mol. The third-order valence-electron chi connectivity index (χ3n) is 3.70. The number of nitrogens with two attached hydrogens (primary N) is 1. The topological polar surface area (TPSA) is 89.3 Å². The van der Waals surface area contributed by atoms with Crippen molar-refractivity contribution in [2.45, 2.75) is 57.9 Å². The molecule has 1 aromatic carbocycles. The Kier molecular flexibility index (Phi) is 9.08. The lowest BCUT2D eigenvalue weighted by Crippen LogP contribution is -2.43. The third kappa shape index (κ3) is 7.13. The fourth-order valence-corrected chi connectivity index (χ4v) is 2.64. The van der Waals surface area contributed by atoms with Crippen LogP contribution in [0.15, 0.2) is 24.3 Å². The van der Waals surface area contributed by atoms with Crippen molar-refractivity contribution in [1.29, 1.82) is 0 Å². The number of carbonyl (C=O) groups is 3. The van der Waals surface area contributed by atoms with Crippen molar-refractivity contribution in [1.82, 2.24) is 5.32 Å². The van der Waals surface area contributed by atoms with Crippen molar-refractivity contribution in [2.75, 3.05) is 0 Å². The first-order chi connectivity index (χ1) is 11.5. The van der Waals surface area contributed by atoms with Crippen LogP contribution in [0.5, 0.6) is 0 Å². The quantitative estimate of drug-likeness (QED) is 0.473. The summed E-state index contributed by atoms with van der Waals surface area (Å²) in [6, 6.07) is 5.56. The largest absolute Gasteiger partial charge is 0.370 e. The van der Waals surface area contributed by atoms with Crippen LogP contribution < -0.4 is 11.1 Å². The molecule has 0 radical (unpaired) electrons. The number of benzene rings is 1. The van der Waals surface area contributed by atoms with Gasteiger partial charge in [0.25, 0.3) is 0 Å². The number of ketones is 1. The molecular weight excluding hydrogens is 328 g/mol. The number of hydrogen-bond donors (Lipinski definition) is 2. The van der Waals surface area contributed by atoms with Gasteiger partial charge in [0.1, 0.15) is 6.04 Å². The van der Waals surface area contributed by atoms with Crippen LogP contribution in [0.4, 0.5) is 0 Å². The first kappa shape index (κ1) is 20.2. The van der Waals surface area contributed by atoms with Gasteiger partial charge in [-0.25, -0.2) is 0 Å². The average molecular weight is 353 g/mol. The van der Waals surface area contributed by atoms with Gasteiger partial charge in [0.15, 0.2) is 5.78 Å². The second-order valence-corrected chi connectivity index (χ2v) is 6.21. The SMILES string of the molecule is CCCCCCCC(=O)N[C@H](CC(N)=O)C(=O)c1ccccc1Cl. The lowest BCUT2D eigenvalue weighted by molar-refractivity contribution is -0.122. The molecule has 0 bridgehead atoms. The van der Waals surface area contributed by atoms with Crippen LogP contribution in [-0.4, -0.2) is 23.6 Å². The van der Waals surface area contributed by atoms with Gasteiger partial charge in [-0.05, 0) is 18.6 Å². The van der Waals surface area contributed by atoms with E-state index in [1.807, 2.05) is 0 Å². The Morgan fingerprint density at radius 3 is 2.42 bits per heavy atom. The summed E-state index contributed by atoms with van der Waals surface area (Å²) in [6.45, 7) is 2.13. The number of halogens is 1. The van der Waals surface area contributed by atoms with Crippen LogP contribution >= 0.6 is 11.6 Å². The molecule has 0 spiro atoms. The number of rotatable bonds is 11. The van der Waals surface area contributed by atoms with Gasteiger partial charge in [-0.1, -0.05) is 56.3 Å². The van der Waals surface area contributed by atoms with Crippen molar-refractivity contribution < 1.29 is 14.4 Å². The van der Waals surface area contributed by atoms with Crippen LogP contribution in [0.2, 0.25) is 5.02 Å². The summed E-state index contributed by atoms with van der Waals surface area (Å²) in [5.41, 5.74) is 5.47. The highest BCUT2D eigenvalue weighted by atomic mass is 35.5. The van der Waals surface area contributed by atoms with E-state index in [9.17, 15) is 14.4 Å². The van der Waals surface area contributed by atoms with E-state index >= 15 is 0 Å². The molecule has 5 nitrogen and oxygen atoms in total. The standard InChI is InChI=1S/C18H25ClN2O3/c1-2-3-4-5-6-11-17(23)21-15(12-16(20)22)18(24)13-9-7-8-10-14(13)19/h7-10,15H,2-6,11-12H2,1H3,(H2,20,22)(H,21,23)/t15-/m1/s1. The highest BCUT2D eigenvalue weighted by Gasteiger charge is 2.25. The van der Waals surface area contributed by atoms with Crippen LogP contribution in [0, 0.1) is 0 Å². The number of unbranched alkanes of at least 4 members (excludes halogenated alkanes) is 4. The molecule has 0 saturated heterocycles. The lowest BCUT2D eigenvalue weighted by atomic mass is 10.0. The van der Waals surface area contributed by atoms with Crippen LogP contribution in [0.3, 0.4) is 0 Å². The lowest BCUT2D eigenvalue weighted by Gasteiger charge is -2.17. The van der Waals surface area contributed by atoms with E-state index in [4.69, 9.17) is 17.3 Å². The maximum Gasteiger partial charge on any atom is 0.220 e. The molecule has 0 unspecified atom stereocenters. The number of hydrogen-bond acceptors (Lipinski definition) is 3. The molecule has 1 rings (SSSR count). The van der Waals surface area contributed by atoms with E-state index in [0.29, 0.717) is 6.42 Å². The summed E-state index contributed by atoms with van der Waals surface area (Å²) in [5.74, 6) is -1.31. The summed E-state index contributed by atoms with van der Waals surface area (Å²) in [6.07, 6.45) is 5.19. The van der Waals surface area contributed by atoms with Gasteiger partial charge in [-0.15, -0.1) is 0 Å². The fraction of sp³-hybridized carbons (Fsp3) is 0.500. The van der Waals surface area contributed by atoms with Gasteiger partial charge in [-0.2, -0.15) is 0 Å². The summed E-state index contributed by atoms with van der Waals surface area (Å²) in [7, 11) is 0. The molecule has 0 saturated carbocycles. The molecule has 6 heteroatoms. The van der Waals surface area contributed by atoms with Crippen molar-refractivity contribution in [3.05, 3.63) is 34.9 Å². The minimum atomic E-state index is -0.981. The first-order valence-corrected chi connectivity index (χ1v) is 8.70. The van der Waals surface area contributed by atoms with Crippen molar-refractivity contribution >= 4 is 29.2 Å². The molecule has 0 aliphatic heterocycles. The Labute approximate surface area is 147 Å². The molecule has 1 atom stereocenters. The number of Topliss-reactive ketones (excluding diaryl/α,β-unsaturated/α-hetero) is 1. The van der Waals surface area contributed by atoms with Gasteiger partial charge < -0.3 is 11.1 Å². The van der Waals surface area contributed by atoms with E-state index < -0.39 is 17.7 Å². The Hall–Kier alpha value is -1.88. The van der Waals surface area contributed by atoms with Gasteiger partial charge >= 0.3 is 0 Å². The molecule has 0 aliphatic carbocycles. The van der Waals surface area contributed by atoms with E-state index in [0.717, 1.165) is 32.1 Å². The molecule has 24 heavy (non-hydrogen) atoms. The van der Waals surface area contributed by atoms with Gasteiger partial charge in [-0.3, -0.25) is 14.4 Å². The number of carbonyl (C=O) groups excluding carboxylic acids is 3. The second kappa shape index (κ2) is 10.8. The average Bonchev–Trinajstić information content (AvgIpc) is 2.53. The summed E-state index contributed by atoms with van der Waals surface area (Å²) < 4.78 is 0. The highest BCUT2D eigenvalue weighted by Crippen LogP contribution is 2.18.